The lowest BCUT2D eigenvalue weighted by Gasteiger charge is -2.02. The highest BCUT2D eigenvalue weighted by molar-refractivity contribution is 5.75. The summed E-state index contributed by atoms with van der Waals surface area (Å²) in [7, 11) is 0. The number of hydrogen-bond donors (Lipinski definition) is 1. The molecule has 0 aromatic carbocycles. The third kappa shape index (κ3) is 17.6. The van der Waals surface area contributed by atoms with Crippen LogP contribution in [0, 0.1) is 0 Å². The molecule has 0 aromatic heterocycles. The highest BCUT2D eigenvalue weighted by atomic mass is 16.1. The summed E-state index contributed by atoms with van der Waals surface area (Å²) < 4.78 is 0. The normalized spacial score (nSPS) is 10.8. The van der Waals surface area contributed by atoms with Crippen molar-refractivity contribution < 1.29 is 4.79 Å². The van der Waals surface area contributed by atoms with Crippen molar-refractivity contribution >= 4 is 5.78 Å². The van der Waals surface area contributed by atoms with Gasteiger partial charge in [-0.3, -0.25) is 0 Å². The van der Waals surface area contributed by atoms with Crippen molar-refractivity contribution in [3.8, 4) is 0 Å². The van der Waals surface area contributed by atoms with Gasteiger partial charge in [-0.1, -0.05) is 70.6 Å². The summed E-state index contributed by atoms with van der Waals surface area (Å²) in [6.45, 7) is 2.54. The van der Waals surface area contributed by atoms with Crippen molar-refractivity contribution in [2.45, 2.75) is 96.8 Å². The lowest BCUT2D eigenvalue weighted by atomic mass is 10.0. The molecule has 0 aliphatic carbocycles. The fourth-order valence-corrected chi connectivity index (χ4v) is 2.46. The second-order valence-corrected chi connectivity index (χ2v) is 5.84. The molecule has 0 unspecified atom stereocenters. The van der Waals surface area contributed by atoms with Crippen LogP contribution >= 0.6 is 0 Å². The summed E-state index contributed by atoms with van der Waals surface area (Å²) in [5.41, 5.74) is 5.47. The van der Waals surface area contributed by atoms with E-state index in [4.69, 9.17) is 5.73 Å². The zero-order chi connectivity index (χ0) is 14.2. The summed E-state index contributed by atoms with van der Waals surface area (Å²) in [6, 6.07) is 0. The zero-order valence-electron chi connectivity index (χ0n) is 13.1. The van der Waals surface area contributed by atoms with Crippen LogP contribution in [0.25, 0.3) is 0 Å². The molecule has 0 radical (unpaired) electrons. The fourth-order valence-electron chi connectivity index (χ4n) is 2.46. The molecule has 0 aliphatic rings. The largest absolute Gasteiger partial charge is 0.330 e. The van der Waals surface area contributed by atoms with E-state index in [-0.39, 0.29) is 0 Å². The van der Waals surface area contributed by atoms with Crippen LogP contribution in [-0.4, -0.2) is 12.3 Å². The van der Waals surface area contributed by atoms with Gasteiger partial charge in [-0.25, -0.2) is 0 Å². The Morgan fingerprint density at radius 2 is 0.947 bits per heavy atom. The van der Waals surface area contributed by atoms with E-state index >= 15 is 0 Å². The topological polar surface area (TPSA) is 43.1 Å². The van der Waals surface area contributed by atoms with Gasteiger partial charge in [0, 0.05) is 6.42 Å². The SMILES string of the molecule is CC(=O)CCCCCCCCCCCCCCCN. The minimum Gasteiger partial charge on any atom is -0.330 e. The maximum atomic E-state index is 10.8. The van der Waals surface area contributed by atoms with Gasteiger partial charge in [-0.15, -0.1) is 0 Å². The number of carbonyl (C=O) groups excluding carboxylic acids is 1. The first-order chi connectivity index (χ1) is 9.27. The first-order valence-corrected chi connectivity index (χ1v) is 8.47. The smallest absolute Gasteiger partial charge is 0.129 e. The van der Waals surface area contributed by atoms with E-state index in [2.05, 4.69) is 0 Å². The first-order valence-electron chi connectivity index (χ1n) is 8.47. The van der Waals surface area contributed by atoms with E-state index in [1.165, 1.54) is 77.0 Å². The van der Waals surface area contributed by atoms with E-state index < -0.39 is 0 Å². The van der Waals surface area contributed by atoms with Gasteiger partial charge >= 0.3 is 0 Å². The van der Waals surface area contributed by atoms with Crippen LogP contribution in [0.2, 0.25) is 0 Å². The molecule has 0 amide bonds. The van der Waals surface area contributed by atoms with E-state index in [9.17, 15) is 4.79 Å². The maximum Gasteiger partial charge on any atom is 0.129 e. The molecule has 2 nitrogen and oxygen atoms in total. The molecule has 2 heteroatoms. The molecule has 0 saturated carbocycles. The number of unbranched alkanes of at least 4 members (excludes halogenated alkanes) is 12. The summed E-state index contributed by atoms with van der Waals surface area (Å²) in [4.78, 5) is 10.8. The molecule has 0 bridgehead atoms. The predicted octanol–water partition coefficient (Wildman–Crippen LogP) is 5.00. The number of hydrogen-bond acceptors (Lipinski definition) is 2. The van der Waals surface area contributed by atoms with E-state index in [1.807, 2.05) is 0 Å². The lowest BCUT2D eigenvalue weighted by Crippen LogP contribution is -1.97. The minimum atomic E-state index is 0.339. The zero-order valence-corrected chi connectivity index (χ0v) is 13.1. The van der Waals surface area contributed by atoms with E-state index in [0.29, 0.717) is 5.78 Å². The van der Waals surface area contributed by atoms with Crippen molar-refractivity contribution in [2.75, 3.05) is 6.54 Å². The number of carbonyl (C=O) groups is 1. The molecule has 0 atom stereocenters. The highest BCUT2D eigenvalue weighted by Crippen LogP contribution is 2.12. The van der Waals surface area contributed by atoms with E-state index in [1.54, 1.807) is 6.92 Å². The Hall–Kier alpha value is -0.370. The van der Waals surface area contributed by atoms with Crippen LogP contribution in [0.5, 0.6) is 0 Å². The second kappa shape index (κ2) is 15.7. The quantitative estimate of drug-likeness (QED) is 0.425. The molecule has 0 fully saturated rings. The van der Waals surface area contributed by atoms with Gasteiger partial charge in [-0.05, 0) is 26.3 Å². The molecule has 0 aromatic rings. The summed E-state index contributed by atoms with van der Waals surface area (Å²) >= 11 is 0. The van der Waals surface area contributed by atoms with Gasteiger partial charge in [0.15, 0.2) is 0 Å². The average Bonchev–Trinajstić information content (AvgIpc) is 2.39. The highest BCUT2D eigenvalue weighted by Gasteiger charge is 1.95. The second-order valence-electron chi connectivity index (χ2n) is 5.84. The van der Waals surface area contributed by atoms with Gasteiger partial charge in [0.2, 0.25) is 0 Å². The Balaban J connectivity index is 2.93. The van der Waals surface area contributed by atoms with Crippen molar-refractivity contribution in [3.63, 3.8) is 0 Å². The van der Waals surface area contributed by atoms with Crippen LogP contribution in [-0.2, 0) is 4.79 Å². The van der Waals surface area contributed by atoms with Crippen molar-refractivity contribution in [1.29, 1.82) is 0 Å². The fraction of sp³-hybridized carbons (Fsp3) is 0.941. The summed E-state index contributed by atoms with van der Waals surface area (Å²) in [5.74, 6) is 0.339. The van der Waals surface area contributed by atoms with Gasteiger partial charge in [-0.2, -0.15) is 0 Å². The predicted molar refractivity (Wildman–Crippen MR) is 84.4 cm³/mol. The number of rotatable bonds is 15. The van der Waals surface area contributed by atoms with Crippen LogP contribution < -0.4 is 5.73 Å². The van der Waals surface area contributed by atoms with Gasteiger partial charge in [0.25, 0.3) is 0 Å². The number of ketones is 1. The molecule has 0 spiro atoms. The molecule has 0 heterocycles. The Morgan fingerprint density at radius 3 is 1.26 bits per heavy atom. The van der Waals surface area contributed by atoms with Crippen molar-refractivity contribution in [1.82, 2.24) is 0 Å². The third-order valence-corrected chi connectivity index (χ3v) is 3.73. The minimum absolute atomic E-state index is 0.339. The van der Waals surface area contributed by atoms with E-state index in [0.717, 1.165) is 19.4 Å². The summed E-state index contributed by atoms with van der Waals surface area (Å²) in [5, 5.41) is 0. The van der Waals surface area contributed by atoms with Gasteiger partial charge < -0.3 is 10.5 Å². The Labute approximate surface area is 120 Å². The Kier molecular flexibility index (Phi) is 15.4. The third-order valence-electron chi connectivity index (χ3n) is 3.73. The average molecular weight is 269 g/mol. The number of nitrogens with two attached hydrogens (primary N) is 1. The Morgan fingerprint density at radius 1 is 0.632 bits per heavy atom. The molecule has 0 saturated heterocycles. The lowest BCUT2D eigenvalue weighted by molar-refractivity contribution is -0.117. The first kappa shape index (κ1) is 18.6. The standard InChI is InChI=1S/C17H35NO/c1-17(19)15-13-11-9-7-5-3-2-4-6-8-10-12-14-16-18/h2-16,18H2,1H3. The molecular weight excluding hydrogens is 234 g/mol. The van der Waals surface area contributed by atoms with Crippen LogP contribution in [0.3, 0.4) is 0 Å². The molecule has 2 N–H and O–H groups in total. The summed E-state index contributed by atoms with van der Waals surface area (Å²) in [6.07, 6.45) is 18.1. The monoisotopic (exact) mass is 269 g/mol. The van der Waals surface area contributed by atoms with Crippen molar-refractivity contribution in [2.24, 2.45) is 5.73 Å². The molecule has 114 valence electrons. The number of Topliss-reactive ketones (excluding diaryl/α,β-unsaturated/α-hetero) is 1. The van der Waals surface area contributed by atoms with Crippen LogP contribution in [0.1, 0.15) is 96.8 Å². The van der Waals surface area contributed by atoms with Crippen molar-refractivity contribution in [3.05, 3.63) is 0 Å². The maximum absolute atomic E-state index is 10.8. The van der Waals surface area contributed by atoms with Gasteiger partial charge in [0.1, 0.15) is 5.78 Å². The molecule has 0 aliphatic heterocycles. The molecule has 19 heavy (non-hydrogen) atoms. The van der Waals surface area contributed by atoms with Crippen LogP contribution in [0.15, 0.2) is 0 Å². The Bertz CT molecular complexity index is 192. The molecular formula is C17H35NO. The van der Waals surface area contributed by atoms with Crippen LogP contribution in [0.4, 0.5) is 0 Å². The van der Waals surface area contributed by atoms with Gasteiger partial charge in [0.05, 0.1) is 0 Å². The molecule has 0 rings (SSSR count).